The van der Waals surface area contributed by atoms with Crippen LogP contribution in [0, 0.1) is 17.0 Å². The van der Waals surface area contributed by atoms with E-state index in [1.807, 2.05) is 47.7 Å². The molecule has 2 aromatic carbocycles. The molecule has 112 valence electrons. The lowest BCUT2D eigenvalue weighted by Gasteiger charge is -2.10. The molecule has 0 aliphatic rings. The van der Waals surface area contributed by atoms with Crippen LogP contribution in [0.3, 0.4) is 0 Å². The Labute approximate surface area is 131 Å². The first kappa shape index (κ1) is 13.4. The molecule has 23 heavy (non-hydrogen) atoms. The second-order valence-electron chi connectivity index (χ2n) is 5.32. The Hall–Kier alpha value is -3.28. The lowest BCUT2D eigenvalue weighted by molar-refractivity contribution is -0.384. The van der Waals surface area contributed by atoms with Crippen molar-refractivity contribution in [1.29, 1.82) is 0 Å². The van der Waals surface area contributed by atoms with Crippen LogP contribution in [0.4, 0.5) is 5.69 Å². The minimum absolute atomic E-state index is 0.0692. The fourth-order valence-electron chi connectivity index (χ4n) is 2.88. The van der Waals surface area contributed by atoms with E-state index in [1.165, 1.54) is 6.07 Å². The third-order valence-corrected chi connectivity index (χ3v) is 3.93. The van der Waals surface area contributed by atoms with E-state index in [1.54, 1.807) is 12.1 Å². The van der Waals surface area contributed by atoms with Gasteiger partial charge in [0.2, 0.25) is 0 Å². The molecule has 0 radical (unpaired) electrons. The number of benzene rings is 2. The van der Waals surface area contributed by atoms with E-state index >= 15 is 0 Å². The number of aromatic nitrogens is 3. The van der Waals surface area contributed by atoms with Gasteiger partial charge in [-0.15, -0.1) is 10.2 Å². The molecule has 0 aliphatic heterocycles. The van der Waals surface area contributed by atoms with Crippen molar-refractivity contribution in [3.63, 3.8) is 0 Å². The molecule has 4 aromatic rings. The molecule has 0 spiro atoms. The van der Waals surface area contributed by atoms with Gasteiger partial charge < -0.3 is 0 Å². The van der Waals surface area contributed by atoms with Crippen LogP contribution in [0.5, 0.6) is 0 Å². The van der Waals surface area contributed by atoms with Gasteiger partial charge in [0.05, 0.1) is 10.4 Å². The number of nitro benzene ring substituents is 1. The molecule has 0 fully saturated rings. The van der Waals surface area contributed by atoms with E-state index in [9.17, 15) is 10.1 Å². The highest BCUT2D eigenvalue weighted by Gasteiger charge is 2.15. The van der Waals surface area contributed by atoms with Crippen LogP contribution in [0.1, 0.15) is 5.82 Å². The van der Waals surface area contributed by atoms with Crippen molar-refractivity contribution in [2.24, 2.45) is 0 Å². The summed E-state index contributed by atoms with van der Waals surface area (Å²) in [6, 6.07) is 16.6. The molecule has 4 rings (SSSR count). The zero-order valence-electron chi connectivity index (χ0n) is 12.3. The topological polar surface area (TPSA) is 73.3 Å². The first-order valence-corrected chi connectivity index (χ1v) is 7.13. The molecule has 6 heteroatoms. The summed E-state index contributed by atoms with van der Waals surface area (Å²) in [5, 5.41) is 20.3. The van der Waals surface area contributed by atoms with Gasteiger partial charge in [-0.1, -0.05) is 30.3 Å². The maximum Gasteiger partial charge on any atom is 0.270 e. The van der Waals surface area contributed by atoms with E-state index in [4.69, 9.17) is 0 Å². The van der Waals surface area contributed by atoms with Crippen molar-refractivity contribution in [3.05, 3.63) is 70.5 Å². The molecule has 0 atom stereocenters. The summed E-state index contributed by atoms with van der Waals surface area (Å²) in [7, 11) is 0. The first-order chi connectivity index (χ1) is 11.1. The number of hydrogen-bond donors (Lipinski definition) is 0. The number of non-ortho nitro benzene ring substituents is 1. The van der Waals surface area contributed by atoms with Crippen LogP contribution in [-0.4, -0.2) is 19.5 Å². The molecular formula is C17H12N4O2. The summed E-state index contributed by atoms with van der Waals surface area (Å²) in [5.74, 6) is 0.749. The van der Waals surface area contributed by atoms with Gasteiger partial charge in [0.15, 0.2) is 5.65 Å². The molecule has 2 heterocycles. The van der Waals surface area contributed by atoms with Gasteiger partial charge in [-0.2, -0.15) is 0 Å². The largest absolute Gasteiger partial charge is 0.279 e. The van der Waals surface area contributed by atoms with Crippen molar-refractivity contribution in [1.82, 2.24) is 14.6 Å². The van der Waals surface area contributed by atoms with Gasteiger partial charge in [-0.25, -0.2) is 0 Å². The predicted octanol–water partition coefficient (Wildman–Crippen LogP) is 3.77. The summed E-state index contributed by atoms with van der Waals surface area (Å²) in [6.45, 7) is 1.86. The third kappa shape index (κ3) is 2.03. The van der Waals surface area contributed by atoms with Gasteiger partial charge in [0.25, 0.3) is 5.69 Å². The van der Waals surface area contributed by atoms with Crippen molar-refractivity contribution in [2.45, 2.75) is 6.92 Å². The van der Waals surface area contributed by atoms with Gasteiger partial charge in [0.1, 0.15) is 5.82 Å². The molecule has 0 saturated carbocycles. The lowest BCUT2D eigenvalue weighted by atomic mass is 10.0. The van der Waals surface area contributed by atoms with Crippen LogP contribution in [0.25, 0.3) is 27.7 Å². The van der Waals surface area contributed by atoms with Crippen molar-refractivity contribution >= 4 is 22.2 Å². The average Bonchev–Trinajstić information content (AvgIpc) is 2.95. The van der Waals surface area contributed by atoms with Gasteiger partial charge >= 0.3 is 0 Å². The molecule has 0 amide bonds. The standard InChI is InChI=1S/C17H12N4O2/c1-11-18-19-17-10-14(12-5-3-2-4-6-12)15-9-13(21(22)23)7-8-16(15)20(11)17/h2-10H,1H3. The van der Waals surface area contributed by atoms with Crippen LogP contribution >= 0.6 is 0 Å². The van der Waals surface area contributed by atoms with E-state index in [0.717, 1.165) is 33.5 Å². The molecule has 0 N–H and O–H groups in total. The molecular weight excluding hydrogens is 292 g/mol. The molecule has 6 nitrogen and oxygen atoms in total. The van der Waals surface area contributed by atoms with Crippen LogP contribution in [0.15, 0.2) is 54.6 Å². The first-order valence-electron chi connectivity index (χ1n) is 7.13. The summed E-state index contributed by atoms with van der Waals surface area (Å²) >= 11 is 0. The maximum absolute atomic E-state index is 11.1. The SMILES string of the molecule is Cc1nnc2cc(-c3ccccc3)c3cc([N+](=O)[O-])ccc3n12. The summed E-state index contributed by atoms with van der Waals surface area (Å²) in [4.78, 5) is 10.8. The number of nitro groups is 1. The highest BCUT2D eigenvalue weighted by molar-refractivity contribution is 5.98. The highest BCUT2D eigenvalue weighted by atomic mass is 16.6. The number of hydrogen-bond acceptors (Lipinski definition) is 4. The summed E-state index contributed by atoms with van der Waals surface area (Å²) in [5.41, 5.74) is 3.54. The normalized spacial score (nSPS) is 11.2. The smallest absolute Gasteiger partial charge is 0.270 e. The van der Waals surface area contributed by atoms with E-state index in [-0.39, 0.29) is 10.6 Å². The quantitative estimate of drug-likeness (QED) is 0.417. The van der Waals surface area contributed by atoms with Crippen molar-refractivity contribution in [3.8, 4) is 11.1 Å². The van der Waals surface area contributed by atoms with Crippen molar-refractivity contribution in [2.75, 3.05) is 0 Å². The Kier molecular flexibility index (Phi) is 2.84. The van der Waals surface area contributed by atoms with E-state index < -0.39 is 0 Å². The maximum atomic E-state index is 11.1. The molecule has 0 saturated heterocycles. The summed E-state index contributed by atoms with van der Waals surface area (Å²) in [6.07, 6.45) is 0. The zero-order chi connectivity index (χ0) is 16.0. The Balaban J connectivity index is 2.18. The van der Waals surface area contributed by atoms with E-state index in [0.29, 0.717) is 0 Å². The van der Waals surface area contributed by atoms with E-state index in [2.05, 4.69) is 10.2 Å². The minimum Gasteiger partial charge on any atom is -0.279 e. The number of pyridine rings is 1. The Morgan fingerprint density at radius 1 is 1.04 bits per heavy atom. The Bertz CT molecular complexity index is 1050. The Morgan fingerprint density at radius 3 is 2.57 bits per heavy atom. The molecule has 0 bridgehead atoms. The zero-order valence-corrected chi connectivity index (χ0v) is 12.3. The number of rotatable bonds is 2. The highest BCUT2D eigenvalue weighted by Crippen LogP contribution is 2.32. The number of fused-ring (bicyclic) bond motifs is 3. The van der Waals surface area contributed by atoms with Gasteiger partial charge in [0, 0.05) is 17.5 Å². The lowest BCUT2D eigenvalue weighted by Crippen LogP contribution is -1.95. The Morgan fingerprint density at radius 2 is 1.83 bits per heavy atom. The predicted molar refractivity (Wildman–Crippen MR) is 87.3 cm³/mol. The molecule has 2 aromatic heterocycles. The summed E-state index contributed by atoms with van der Waals surface area (Å²) < 4.78 is 1.91. The minimum atomic E-state index is -0.378. The van der Waals surface area contributed by atoms with Crippen LogP contribution in [-0.2, 0) is 0 Å². The average molecular weight is 304 g/mol. The number of nitrogens with zero attached hydrogens (tertiary/aromatic N) is 4. The second-order valence-corrected chi connectivity index (χ2v) is 5.32. The fraction of sp³-hybridized carbons (Fsp3) is 0.0588. The molecule has 0 aliphatic carbocycles. The van der Waals surface area contributed by atoms with Crippen LogP contribution in [0.2, 0.25) is 0 Å². The third-order valence-electron chi connectivity index (χ3n) is 3.93. The monoisotopic (exact) mass is 304 g/mol. The molecule has 0 unspecified atom stereocenters. The van der Waals surface area contributed by atoms with Crippen LogP contribution < -0.4 is 0 Å². The van der Waals surface area contributed by atoms with Gasteiger partial charge in [-0.3, -0.25) is 14.5 Å². The van der Waals surface area contributed by atoms with Gasteiger partial charge in [-0.05, 0) is 30.2 Å². The number of aryl methyl sites for hydroxylation is 1. The van der Waals surface area contributed by atoms with Crippen molar-refractivity contribution < 1.29 is 4.92 Å². The second kappa shape index (κ2) is 4.88. The fourth-order valence-corrected chi connectivity index (χ4v) is 2.88.